The summed E-state index contributed by atoms with van der Waals surface area (Å²) in [5.74, 6) is 0.000567. The number of aliphatic carboxylic acids is 1. The van der Waals surface area contributed by atoms with E-state index < -0.39 is 11.9 Å². The van der Waals surface area contributed by atoms with Crippen LogP contribution in [0, 0.1) is 0 Å². The molecule has 0 radical (unpaired) electrons. The maximum absolute atomic E-state index is 10.9. The molecule has 120 valence electrons. The van der Waals surface area contributed by atoms with E-state index in [9.17, 15) is 4.79 Å². The molecule has 0 saturated heterocycles. The quantitative estimate of drug-likeness (QED) is 0.800. The van der Waals surface area contributed by atoms with Crippen LogP contribution >= 0.6 is 0 Å². The van der Waals surface area contributed by atoms with Crippen molar-refractivity contribution in [1.29, 1.82) is 0 Å². The van der Waals surface area contributed by atoms with Crippen LogP contribution in [0.1, 0.15) is 18.4 Å². The normalized spacial score (nSPS) is 9.68. The topological polar surface area (TPSA) is 141 Å². The average Bonchev–Trinajstić information content (AvgIpc) is 2.39. The standard InChI is InChI=1S/C15H14O3.Ca.3H2O.2H/c1-11(15(16)17)12-6-5-9-14(10-12)18-13-7-3-2-4-8-13;;;;;;/h2-11H,1H3,(H,16,17);;3*1H2;;. The zero-order valence-corrected chi connectivity index (χ0v) is 11.5. The second-order valence-corrected chi connectivity index (χ2v) is 4.05. The zero-order chi connectivity index (χ0) is 13.0. The SMILES string of the molecule is CC(C(=O)O)c1cccc(Oc2ccccc2)c1.O.O.O.[CaH2]. The van der Waals surface area contributed by atoms with Gasteiger partial charge in [0.1, 0.15) is 11.5 Å². The summed E-state index contributed by atoms with van der Waals surface area (Å²) in [7, 11) is 0. The van der Waals surface area contributed by atoms with Crippen LogP contribution in [0.2, 0.25) is 0 Å². The van der Waals surface area contributed by atoms with E-state index in [-0.39, 0.29) is 54.2 Å². The molecular formula is C15H22CaO6. The summed E-state index contributed by atoms with van der Waals surface area (Å²) < 4.78 is 5.66. The Labute approximate surface area is 158 Å². The maximum atomic E-state index is 10.9. The summed E-state index contributed by atoms with van der Waals surface area (Å²) in [5.41, 5.74) is 0.732. The second-order valence-electron chi connectivity index (χ2n) is 4.05. The predicted molar refractivity (Wildman–Crippen MR) is 88.4 cm³/mol. The van der Waals surface area contributed by atoms with Crippen molar-refractivity contribution in [3.05, 3.63) is 60.2 Å². The van der Waals surface area contributed by atoms with Gasteiger partial charge in [-0.1, -0.05) is 30.3 Å². The van der Waals surface area contributed by atoms with E-state index >= 15 is 0 Å². The molecule has 22 heavy (non-hydrogen) atoms. The van der Waals surface area contributed by atoms with Crippen molar-refractivity contribution >= 4 is 43.7 Å². The van der Waals surface area contributed by atoms with Crippen molar-refractivity contribution in [2.75, 3.05) is 0 Å². The Morgan fingerprint density at radius 1 is 0.955 bits per heavy atom. The van der Waals surface area contributed by atoms with Crippen LogP contribution in [0.25, 0.3) is 0 Å². The van der Waals surface area contributed by atoms with Gasteiger partial charge in [0.2, 0.25) is 0 Å². The van der Waals surface area contributed by atoms with Crippen LogP contribution in [0.15, 0.2) is 54.6 Å². The summed E-state index contributed by atoms with van der Waals surface area (Å²) in [4.78, 5) is 10.9. The zero-order valence-electron chi connectivity index (χ0n) is 11.5. The number of hydrogen-bond acceptors (Lipinski definition) is 2. The summed E-state index contributed by atoms with van der Waals surface area (Å²) >= 11 is 0. The molecule has 1 atom stereocenters. The monoisotopic (exact) mass is 338 g/mol. The van der Waals surface area contributed by atoms with Gasteiger partial charge in [-0.15, -0.1) is 0 Å². The molecule has 2 aromatic carbocycles. The summed E-state index contributed by atoms with van der Waals surface area (Å²) in [5, 5.41) is 8.98. The fourth-order valence-electron chi connectivity index (χ4n) is 1.61. The Morgan fingerprint density at radius 3 is 2.05 bits per heavy atom. The number of para-hydroxylation sites is 1. The molecule has 7 heteroatoms. The number of carbonyl (C=O) groups is 1. The molecule has 0 saturated carbocycles. The summed E-state index contributed by atoms with van der Waals surface area (Å²) in [6.07, 6.45) is 0. The van der Waals surface area contributed by atoms with E-state index in [1.807, 2.05) is 36.4 Å². The number of carboxylic acids is 1. The molecule has 0 aliphatic heterocycles. The molecule has 0 aromatic heterocycles. The number of hydrogen-bond donors (Lipinski definition) is 1. The van der Waals surface area contributed by atoms with Gasteiger partial charge in [0.05, 0.1) is 5.92 Å². The van der Waals surface area contributed by atoms with Crippen molar-refractivity contribution in [2.45, 2.75) is 12.8 Å². The average molecular weight is 338 g/mol. The Morgan fingerprint density at radius 2 is 1.50 bits per heavy atom. The van der Waals surface area contributed by atoms with Gasteiger partial charge in [0, 0.05) is 0 Å². The molecule has 0 aliphatic rings. The Kier molecular flexibility index (Phi) is 14.5. The van der Waals surface area contributed by atoms with Crippen LogP contribution in [0.5, 0.6) is 11.5 Å². The summed E-state index contributed by atoms with van der Waals surface area (Å²) in [6.45, 7) is 1.66. The fraction of sp³-hybridized carbons (Fsp3) is 0.133. The number of ether oxygens (including phenoxy) is 1. The van der Waals surface area contributed by atoms with E-state index in [0.717, 1.165) is 11.3 Å². The van der Waals surface area contributed by atoms with E-state index in [0.29, 0.717) is 5.75 Å². The molecule has 0 heterocycles. The molecule has 7 N–H and O–H groups in total. The van der Waals surface area contributed by atoms with Gasteiger partial charge in [0.25, 0.3) is 0 Å². The molecule has 1 unspecified atom stereocenters. The minimum absolute atomic E-state index is 0. The van der Waals surface area contributed by atoms with Crippen molar-refractivity contribution in [1.82, 2.24) is 0 Å². The molecule has 2 rings (SSSR count). The van der Waals surface area contributed by atoms with Gasteiger partial charge < -0.3 is 26.3 Å². The molecule has 0 spiro atoms. The Bertz CT molecular complexity index is 547. The molecule has 0 amide bonds. The van der Waals surface area contributed by atoms with Crippen LogP contribution in [0.3, 0.4) is 0 Å². The first kappa shape index (κ1) is 25.8. The predicted octanol–water partition coefficient (Wildman–Crippen LogP) is 0.277. The first-order valence-corrected chi connectivity index (χ1v) is 5.72. The Balaban J connectivity index is -0.000000902. The minimum atomic E-state index is -0.841. The van der Waals surface area contributed by atoms with Gasteiger partial charge in [-0.2, -0.15) is 0 Å². The first-order chi connectivity index (χ1) is 8.66. The van der Waals surface area contributed by atoms with Gasteiger partial charge in [-0.05, 0) is 36.8 Å². The third-order valence-corrected chi connectivity index (χ3v) is 2.71. The van der Waals surface area contributed by atoms with Crippen molar-refractivity contribution in [2.24, 2.45) is 0 Å². The molecule has 0 fully saturated rings. The number of carboxylic acid groups (broad SMARTS) is 1. The number of benzene rings is 2. The first-order valence-electron chi connectivity index (χ1n) is 5.72. The van der Waals surface area contributed by atoms with Gasteiger partial charge >= 0.3 is 43.7 Å². The third kappa shape index (κ3) is 7.22. The molecule has 0 aliphatic carbocycles. The number of rotatable bonds is 4. The van der Waals surface area contributed by atoms with Crippen molar-refractivity contribution in [3.63, 3.8) is 0 Å². The van der Waals surface area contributed by atoms with Crippen molar-refractivity contribution < 1.29 is 31.1 Å². The van der Waals surface area contributed by atoms with Crippen LogP contribution in [-0.4, -0.2) is 65.2 Å². The third-order valence-electron chi connectivity index (χ3n) is 2.71. The van der Waals surface area contributed by atoms with E-state index in [1.54, 1.807) is 25.1 Å². The van der Waals surface area contributed by atoms with Gasteiger partial charge in [0.15, 0.2) is 0 Å². The van der Waals surface area contributed by atoms with Crippen molar-refractivity contribution in [3.8, 4) is 11.5 Å². The van der Waals surface area contributed by atoms with Gasteiger partial charge in [-0.25, -0.2) is 0 Å². The van der Waals surface area contributed by atoms with Crippen LogP contribution in [-0.2, 0) is 4.79 Å². The van der Waals surface area contributed by atoms with Crippen LogP contribution in [0.4, 0.5) is 0 Å². The van der Waals surface area contributed by atoms with Gasteiger partial charge in [-0.3, -0.25) is 4.79 Å². The second kappa shape index (κ2) is 12.4. The van der Waals surface area contributed by atoms with E-state index in [4.69, 9.17) is 9.84 Å². The Hall–Kier alpha value is -1.15. The molecule has 6 nitrogen and oxygen atoms in total. The van der Waals surface area contributed by atoms with E-state index in [1.165, 1.54) is 0 Å². The fourth-order valence-corrected chi connectivity index (χ4v) is 1.61. The molecule has 0 bridgehead atoms. The molecule has 2 aromatic rings. The summed E-state index contributed by atoms with van der Waals surface area (Å²) in [6, 6.07) is 16.6. The van der Waals surface area contributed by atoms with Crippen LogP contribution < -0.4 is 4.74 Å². The molecular weight excluding hydrogens is 316 g/mol. The van der Waals surface area contributed by atoms with E-state index in [2.05, 4.69) is 0 Å².